The molecule has 0 spiro atoms. The molecule has 0 bridgehead atoms. The first-order chi connectivity index (χ1) is 10.7. The second-order valence-corrected chi connectivity index (χ2v) is 5.07. The number of rotatable bonds is 8. The van der Waals surface area contributed by atoms with Gasteiger partial charge in [0.25, 0.3) is 0 Å². The van der Waals surface area contributed by atoms with E-state index in [0.29, 0.717) is 13.1 Å². The smallest absolute Gasteiger partial charge is 0.233 e. The van der Waals surface area contributed by atoms with Crippen LogP contribution in [-0.4, -0.2) is 45.2 Å². The van der Waals surface area contributed by atoms with Crippen LogP contribution in [0.2, 0.25) is 0 Å². The van der Waals surface area contributed by atoms with Gasteiger partial charge in [-0.3, -0.25) is 4.79 Å². The first kappa shape index (κ1) is 19.1. The predicted octanol–water partition coefficient (Wildman–Crippen LogP) is 1.88. The van der Waals surface area contributed by atoms with Crippen molar-refractivity contribution in [1.82, 2.24) is 15.6 Å². The standard InChI is InChI=1S/C16H23N3O3.ClH/c1-17-10-16(20)18-6-4-5-11-7-13-14(19-11)8-12(21-2)9-15(13)22-3;/h7-9,17,19H,4-6,10H2,1-3H3,(H,18,20);1H. The van der Waals surface area contributed by atoms with Crippen LogP contribution in [0.1, 0.15) is 12.1 Å². The lowest BCUT2D eigenvalue weighted by Crippen LogP contribution is -2.32. The average Bonchev–Trinajstić information content (AvgIpc) is 2.93. The Hall–Kier alpha value is -1.92. The van der Waals surface area contributed by atoms with Crippen molar-refractivity contribution in [2.75, 3.05) is 34.4 Å². The first-order valence-electron chi connectivity index (χ1n) is 7.33. The van der Waals surface area contributed by atoms with Gasteiger partial charge in [0, 0.05) is 29.8 Å². The summed E-state index contributed by atoms with van der Waals surface area (Å²) in [7, 11) is 5.04. The van der Waals surface area contributed by atoms with Crippen LogP contribution < -0.4 is 20.1 Å². The van der Waals surface area contributed by atoms with Crippen molar-refractivity contribution in [2.24, 2.45) is 0 Å². The van der Waals surface area contributed by atoms with E-state index in [9.17, 15) is 4.79 Å². The Morgan fingerprint density at radius 2 is 2.00 bits per heavy atom. The summed E-state index contributed by atoms with van der Waals surface area (Å²) in [5, 5.41) is 6.73. The Kier molecular flexibility index (Phi) is 7.71. The lowest BCUT2D eigenvalue weighted by molar-refractivity contribution is -0.120. The lowest BCUT2D eigenvalue weighted by atomic mass is 10.2. The van der Waals surface area contributed by atoms with E-state index in [4.69, 9.17) is 9.47 Å². The number of H-pyrrole nitrogens is 1. The summed E-state index contributed by atoms with van der Waals surface area (Å²) >= 11 is 0. The second-order valence-electron chi connectivity index (χ2n) is 5.07. The summed E-state index contributed by atoms with van der Waals surface area (Å²) in [6.07, 6.45) is 1.74. The molecule has 1 amide bonds. The molecule has 1 aromatic carbocycles. The molecule has 3 N–H and O–H groups in total. The van der Waals surface area contributed by atoms with Crippen LogP contribution in [0, 0.1) is 0 Å². The molecule has 0 saturated heterocycles. The average molecular weight is 342 g/mol. The molecule has 23 heavy (non-hydrogen) atoms. The monoisotopic (exact) mass is 341 g/mol. The number of ether oxygens (including phenoxy) is 2. The number of fused-ring (bicyclic) bond motifs is 1. The van der Waals surface area contributed by atoms with Gasteiger partial charge in [0.2, 0.25) is 5.91 Å². The molecular weight excluding hydrogens is 318 g/mol. The fourth-order valence-electron chi connectivity index (χ4n) is 2.39. The third kappa shape index (κ3) is 5.04. The number of benzene rings is 1. The van der Waals surface area contributed by atoms with Gasteiger partial charge in [0.1, 0.15) is 11.5 Å². The van der Waals surface area contributed by atoms with Crippen LogP contribution in [0.25, 0.3) is 10.9 Å². The van der Waals surface area contributed by atoms with Crippen LogP contribution >= 0.6 is 12.4 Å². The Morgan fingerprint density at radius 1 is 1.22 bits per heavy atom. The Balaban J connectivity index is 0.00000264. The highest BCUT2D eigenvalue weighted by atomic mass is 35.5. The molecule has 0 aliphatic carbocycles. The molecule has 0 aliphatic rings. The summed E-state index contributed by atoms with van der Waals surface area (Å²) in [5.74, 6) is 1.57. The van der Waals surface area contributed by atoms with E-state index in [0.717, 1.165) is 40.9 Å². The van der Waals surface area contributed by atoms with Gasteiger partial charge in [0.05, 0.1) is 26.3 Å². The number of carbonyl (C=O) groups excluding carboxylic acids is 1. The van der Waals surface area contributed by atoms with Gasteiger partial charge in [-0.25, -0.2) is 0 Å². The molecule has 0 unspecified atom stereocenters. The van der Waals surface area contributed by atoms with Gasteiger partial charge in [-0.15, -0.1) is 12.4 Å². The molecule has 128 valence electrons. The highest BCUT2D eigenvalue weighted by Crippen LogP contribution is 2.31. The molecule has 0 fully saturated rings. The van der Waals surface area contributed by atoms with Crippen molar-refractivity contribution in [2.45, 2.75) is 12.8 Å². The first-order valence-corrected chi connectivity index (χ1v) is 7.33. The number of aromatic nitrogens is 1. The topological polar surface area (TPSA) is 75.4 Å². The molecular formula is C16H24ClN3O3. The van der Waals surface area contributed by atoms with E-state index in [1.165, 1.54) is 0 Å². The summed E-state index contributed by atoms with van der Waals surface area (Å²) in [6, 6.07) is 5.91. The number of methoxy groups -OCH3 is 2. The number of hydrogen-bond acceptors (Lipinski definition) is 4. The number of aryl methyl sites for hydroxylation is 1. The van der Waals surface area contributed by atoms with Crippen molar-refractivity contribution in [3.8, 4) is 11.5 Å². The maximum absolute atomic E-state index is 11.3. The molecule has 2 aromatic rings. The fourth-order valence-corrected chi connectivity index (χ4v) is 2.39. The summed E-state index contributed by atoms with van der Waals surface area (Å²) in [4.78, 5) is 14.7. The van der Waals surface area contributed by atoms with Gasteiger partial charge < -0.3 is 25.1 Å². The number of hydrogen-bond donors (Lipinski definition) is 3. The zero-order chi connectivity index (χ0) is 15.9. The molecule has 7 heteroatoms. The van der Waals surface area contributed by atoms with Gasteiger partial charge in [-0.05, 0) is 26.0 Å². The van der Waals surface area contributed by atoms with E-state index in [1.54, 1.807) is 21.3 Å². The van der Waals surface area contributed by atoms with Crippen molar-refractivity contribution in [3.63, 3.8) is 0 Å². The Bertz CT molecular complexity index is 643. The number of aromatic amines is 1. The van der Waals surface area contributed by atoms with Gasteiger partial charge >= 0.3 is 0 Å². The van der Waals surface area contributed by atoms with Crippen LogP contribution in [0.4, 0.5) is 0 Å². The molecule has 0 aliphatic heterocycles. The van der Waals surface area contributed by atoms with Gasteiger partial charge in [-0.1, -0.05) is 0 Å². The summed E-state index contributed by atoms with van der Waals surface area (Å²) in [5.41, 5.74) is 2.11. The molecule has 1 heterocycles. The summed E-state index contributed by atoms with van der Waals surface area (Å²) < 4.78 is 10.7. The van der Waals surface area contributed by atoms with Crippen molar-refractivity contribution >= 4 is 29.2 Å². The number of carbonyl (C=O) groups is 1. The van der Waals surface area contributed by atoms with E-state index in [2.05, 4.69) is 21.7 Å². The number of halogens is 1. The minimum absolute atomic E-state index is 0. The Morgan fingerprint density at radius 3 is 2.65 bits per heavy atom. The van der Waals surface area contributed by atoms with E-state index in [-0.39, 0.29) is 18.3 Å². The van der Waals surface area contributed by atoms with E-state index >= 15 is 0 Å². The maximum atomic E-state index is 11.3. The maximum Gasteiger partial charge on any atom is 0.233 e. The third-order valence-corrected chi connectivity index (χ3v) is 3.47. The zero-order valence-electron chi connectivity index (χ0n) is 13.7. The van der Waals surface area contributed by atoms with Crippen molar-refractivity contribution < 1.29 is 14.3 Å². The SMILES string of the molecule is CNCC(=O)NCCCc1cc2c(OC)cc(OC)cc2[nH]1.Cl. The highest BCUT2D eigenvalue weighted by Gasteiger charge is 2.09. The van der Waals surface area contributed by atoms with E-state index < -0.39 is 0 Å². The zero-order valence-corrected chi connectivity index (χ0v) is 14.5. The van der Waals surface area contributed by atoms with Crippen LogP contribution in [-0.2, 0) is 11.2 Å². The minimum atomic E-state index is 0. The molecule has 2 rings (SSSR count). The normalized spacial score (nSPS) is 10.2. The number of likely N-dealkylation sites (N-methyl/N-ethyl adjacent to an activating group) is 1. The largest absolute Gasteiger partial charge is 0.497 e. The van der Waals surface area contributed by atoms with Crippen LogP contribution in [0.5, 0.6) is 11.5 Å². The molecule has 0 radical (unpaired) electrons. The van der Waals surface area contributed by atoms with Gasteiger partial charge in [-0.2, -0.15) is 0 Å². The number of amides is 1. The van der Waals surface area contributed by atoms with Crippen LogP contribution in [0.3, 0.4) is 0 Å². The van der Waals surface area contributed by atoms with Crippen LogP contribution in [0.15, 0.2) is 18.2 Å². The molecule has 1 aromatic heterocycles. The second kappa shape index (κ2) is 9.27. The quantitative estimate of drug-likeness (QED) is 0.641. The highest BCUT2D eigenvalue weighted by molar-refractivity contribution is 5.88. The minimum Gasteiger partial charge on any atom is -0.497 e. The van der Waals surface area contributed by atoms with E-state index in [1.807, 2.05) is 12.1 Å². The molecule has 6 nitrogen and oxygen atoms in total. The Labute approximate surface area is 142 Å². The van der Waals surface area contributed by atoms with Crippen molar-refractivity contribution in [1.29, 1.82) is 0 Å². The predicted molar refractivity (Wildman–Crippen MR) is 93.9 cm³/mol. The fraction of sp³-hybridized carbons (Fsp3) is 0.438. The lowest BCUT2D eigenvalue weighted by Gasteiger charge is -2.04. The third-order valence-electron chi connectivity index (χ3n) is 3.47. The molecule has 0 atom stereocenters. The molecule has 0 saturated carbocycles. The van der Waals surface area contributed by atoms with Gasteiger partial charge in [0.15, 0.2) is 0 Å². The summed E-state index contributed by atoms with van der Waals surface area (Å²) in [6.45, 7) is 1.01. The number of nitrogens with one attached hydrogen (secondary N) is 3. The van der Waals surface area contributed by atoms with Crippen molar-refractivity contribution in [3.05, 3.63) is 23.9 Å².